The molecule has 1 N–H and O–H groups in total. The van der Waals surface area contributed by atoms with Gasteiger partial charge in [0.15, 0.2) is 0 Å². The average molecular weight is 240 g/mol. The summed E-state index contributed by atoms with van der Waals surface area (Å²) in [6.45, 7) is 0. The first kappa shape index (κ1) is 10.2. The Hall–Kier alpha value is -1.32. The number of hydrogen-bond donors (Lipinski definition) is 1. The van der Waals surface area contributed by atoms with Gasteiger partial charge >= 0.3 is 0 Å². The van der Waals surface area contributed by atoms with Gasteiger partial charge in [0.25, 0.3) is 0 Å². The molecule has 0 spiro atoms. The van der Waals surface area contributed by atoms with Gasteiger partial charge < -0.3 is 5.32 Å². The Morgan fingerprint density at radius 2 is 1.33 bits per heavy atom. The van der Waals surface area contributed by atoms with Crippen molar-refractivity contribution in [2.24, 2.45) is 0 Å². The van der Waals surface area contributed by atoms with E-state index in [1.165, 1.54) is 0 Å². The van der Waals surface area contributed by atoms with Crippen LogP contribution in [0.5, 0.6) is 0 Å². The third-order valence-electron chi connectivity index (χ3n) is 1.70. The normalized spacial score (nSPS) is 10.0. The monoisotopic (exact) mass is 239 g/mol. The molecular weight excluding hydrogens is 233 g/mol. The lowest BCUT2D eigenvalue weighted by Crippen LogP contribution is -1.94. The lowest BCUT2D eigenvalue weighted by molar-refractivity contribution is 1.25. The standard InChI is InChI=1S/C10H7Cl2N3/c11-7-1-3-13-9(5-7)15-10-6-8(12)2-4-14-10/h1-6H,(H,13,14,15). The summed E-state index contributed by atoms with van der Waals surface area (Å²) in [6.07, 6.45) is 3.24. The fourth-order valence-electron chi connectivity index (χ4n) is 1.08. The minimum atomic E-state index is 0.620. The minimum absolute atomic E-state index is 0.620. The maximum absolute atomic E-state index is 5.82. The van der Waals surface area contributed by atoms with E-state index in [2.05, 4.69) is 15.3 Å². The average Bonchev–Trinajstić information content (AvgIpc) is 2.17. The van der Waals surface area contributed by atoms with Crippen LogP contribution in [0.2, 0.25) is 10.0 Å². The van der Waals surface area contributed by atoms with Crippen molar-refractivity contribution >= 4 is 34.8 Å². The Balaban J connectivity index is 2.22. The largest absolute Gasteiger partial charge is 0.325 e. The van der Waals surface area contributed by atoms with Crippen LogP contribution in [0.25, 0.3) is 0 Å². The zero-order chi connectivity index (χ0) is 10.7. The van der Waals surface area contributed by atoms with Crippen molar-refractivity contribution in [2.75, 3.05) is 5.32 Å². The van der Waals surface area contributed by atoms with Gasteiger partial charge in [-0.1, -0.05) is 23.2 Å². The molecule has 0 aliphatic carbocycles. The van der Waals surface area contributed by atoms with Crippen molar-refractivity contribution in [1.29, 1.82) is 0 Å². The second-order valence-electron chi connectivity index (χ2n) is 2.84. The lowest BCUT2D eigenvalue weighted by Gasteiger charge is -2.04. The number of nitrogens with one attached hydrogen (secondary N) is 1. The summed E-state index contributed by atoms with van der Waals surface area (Å²) in [7, 11) is 0. The van der Waals surface area contributed by atoms with Crippen molar-refractivity contribution in [3.63, 3.8) is 0 Å². The molecule has 2 aromatic heterocycles. The molecule has 0 saturated carbocycles. The Morgan fingerprint density at radius 1 is 0.867 bits per heavy atom. The molecule has 2 aromatic rings. The first-order valence-corrected chi connectivity index (χ1v) is 5.00. The predicted octanol–water partition coefficient (Wildman–Crippen LogP) is 3.53. The zero-order valence-electron chi connectivity index (χ0n) is 7.61. The molecule has 0 saturated heterocycles. The number of aromatic nitrogens is 2. The summed E-state index contributed by atoms with van der Waals surface area (Å²) in [5.74, 6) is 1.27. The van der Waals surface area contributed by atoms with E-state index in [1.807, 2.05) is 0 Å². The first-order valence-electron chi connectivity index (χ1n) is 4.24. The molecule has 5 heteroatoms. The second-order valence-corrected chi connectivity index (χ2v) is 3.72. The Morgan fingerprint density at radius 3 is 1.73 bits per heavy atom. The molecule has 76 valence electrons. The number of nitrogens with zero attached hydrogens (tertiary/aromatic N) is 2. The van der Waals surface area contributed by atoms with E-state index in [4.69, 9.17) is 23.2 Å². The molecule has 0 aliphatic rings. The van der Waals surface area contributed by atoms with E-state index in [1.54, 1.807) is 36.7 Å². The molecule has 3 nitrogen and oxygen atoms in total. The summed E-state index contributed by atoms with van der Waals surface area (Å²) < 4.78 is 0. The quantitative estimate of drug-likeness (QED) is 0.872. The van der Waals surface area contributed by atoms with Gasteiger partial charge in [0.2, 0.25) is 0 Å². The van der Waals surface area contributed by atoms with Crippen molar-refractivity contribution in [3.05, 3.63) is 46.7 Å². The van der Waals surface area contributed by atoms with E-state index in [-0.39, 0.29) is 0 Å². The van der Waals surface area contributed by atoms with Crippen molar-refractivity contribution in [2.45, 2.75) is 0 Å². The van der Waals surface area contributed by atoms with Crippen molar-refractivity contribution < 1.29 is 0 Å². The van der Waals surface area contributed by atoms with Crippen LogP contribution in [0.1, 0.15) is 0 Å². The summed E-state index contributed by atoms with van der Waals surface area (Å²) in [5.41, 5.74) is 0. The highest BCUT2D eigenvalue weighted by Gasteiger charge is 1.98. The van der Waals surface area contributed by atoms with Gasteiger partial charge in [-0.2, -0.15) is 0 Å². The highest BCUT2D eigenvalue weighted by atomic mass is 35.5. The van der Waals surface area contributed by atoms with E-state index >= 15 is 0 Å². The SMILES string of the molecule is Clc1ccnc(Nc2cc(Cl)ccn2)c1. The molecule has 15 heavy (non-hydrogen) atoms. The van der Waals surface area contributed by atoms with Gasteiger partial charge in [-0.3, -0.25) is 0 Å². The molecule has 0 aliphatic heterocycles. The van der Waals surface area contributed by atoms with Crippen molar-refractivity contribution in [3.8, 4) is 0 Å². The summed E-state index contributed by atoms with van der Waals surface area (Å²) in [5, 5.41) is 4.23. The highest BCUT2D eigenvalue weighted by Crippen LogP contribution is 2.18. The van der Waals surface area contributed by atoms with Gasteiger partial charge in [-0.05, 0) is 24.3 Å². The minimum Gasteiger partial charge on any atom is -0.325 e. The molecule has 0 aromatic carbocycles. The Labute approximate surface area is 97.1 Å². The summed E-state index contributed by atoms with van der Waals surface area (Å²) >= 11 is 11.6. The van der Waals surface area contributed by atoms with Crippen LogP contribution >= 0.6 is 23.2 Å². The molecule has 0 unspecified atom stereocenters. The smallest absolute Gasteiger partial charge is 0.132 e. The Kier molecular flexibility index (Phi) is 3.04. The highest BCUT2D eigenvalue weighted by molar-refractivity contribution is 6.31. The molecule has 2 heterocycles. The lowest BCUT2D eigenvalue weighted by atomic mass is 10.4. The van der Waals surface area contributed by atoms with Crippen LogP contribution in [0.4, 0.5) is 11.6 Å². The van der Waals surface area contributed by atoms with E-state index in [0.29, 0.717) is 21.7 Å². The summed E-state index contributed by atoms with van der Waals surface area (Å²) in [4.78, 5) is 8.17. The second kappa shape index (κ2) is 4.47. The van der Waals surface area contributed by atoms with E-state index in [9.17, 15) is 0 Å². The maximum Gasteiger partial charge on any atom is 0.132 e. The van der Waals surface area contributed by atoms with Crippen LogP contribution in [0.15, 0.2) is 36.7 Å². The number of hydrogen-bond acceptors (Lipinski definition) is 3. The molecule has 0 atom stereocenters. The van der Waals surface area contributed by atoms with Crippen LogP contribution < -0.4 is 5.32 Å². The number of rotatable bonds is 2. The fraction of sp³-hybridized carbons (Fsp3) is 0. The van der Waals surface area contributed by atoms with Gasteiger partial charge in [-0.25, -0.2) is 9.97 Å². The first-order chi connectivity index (χ1) is 7.24. The molecule has 0 fully saturated rings. The third-order valence-corrected chi connectivity index (χ3v) is 2.17. The molecule has 2 rings (SSSR count). The van der Waals surface area contributed by atoms with Gasteiger partial charge in [0, 0.05) is 22.4 Å². The fourth-order valence-corrected chi connectivity index (χ4v) is 1.40. The van der Waals surface area contributed by atoms with Crippen molar-refractivity contribution in [1.82, 2.24) is 9.97 Å². The van der Waals surface area contributed by atoms with Gasteiger partial charge in [-0.15, -0.1) is 0 Å². The van der Waals surface area contributed by atoms with E-state index < -0.39 is 0 Å². The Bertz CT molecular complexity index is 430. The summed E-state index contributed by atoms with van der Waals surface area (Å²) in [6, 6.07) is 6.84. The third kappa shape index (κ3) is 2.81. The van der Waals surface area contributed by atoms with Gasteiger partial charge in [0.1, 0.15) is 11.6 Å². The molecule has 0 bridgehead atoms. The van der Waals surface area contributed by atoms with Crippen LogP contribution in [0.3, 0.4) is 0 Å². The van der Waals surface area contributed by atoms with Crippen LogP contribution in [-0.4, -0.2) is 9.97 Å². The zero-order valence-corrected chi connectivity index (χ0v) is 9.13. The number of pyridine rings is 2. The van der Waals surface area contributed by atoms with Crippen LogP contribution in [-0.2, 0) is 0 Å². The van der Waals surface area contributed by atoms with Gasteiger partial charge in [0.05, 0.1) is 0 Å². The topological polar surface area (TPSA) is 37.8 Å². The maximum atomic E-state index is 5.82. The molecule has 0 amide bonds. The predicted molar refractivity (Wildman–Crippen MR) is 61.8 cm³/mol. The van der Waals surface area contributed by atoms with Crippen LogP contribution in [0, 0.1) is 0 Å². The molecule has 0 radical (unpaired) electrons. The molecular formula is C10H7Cl2N3. The number of halogens is 2. The van der Waals surface area contributed by atoms with E-state index in [0.717, 1.165) is 0 Å². The number of anilines is 2.